The number of anilines is 2. The first kappa shape index (κ1) is 25.2. The van der Waals surface area contributed by atoms with E-state index in [0.29, 0.717) is 50.9 Å². The van der Waals surface area contributed by atoms with Gasteiger partial charge in [-0.05, 0) is 44.2 Å². The molecule has 5 aromatic rings. The fourth-order valence-corrected chi connectivity index (χ4v) is 4.18. The van der Waals surface area contributed by atoms with Crippen molar-refractivity contribution in [3.05, 3.63) is 77.3 Å². The van der Waals surface area contributed by atoms with E-state index in [0.717, 1.165) is 11.4 Å². The summed E-state index contributed by atoms with van der Waals surface area (Å²) in [6.07, 6.45) is 5.25. The molecule has 0 unspecified atom stereocenters. The van der Waals surface area contributed by atoms with Crippen molar-refractivity contribution in [1.82, 2.24) is 19.4 Å². The highest BCUT2D eigenvalue weighted by atomic mass is 35.5. The van der Waals surface area contributed by atoms with Gasteiger partial charge in [-0.15, -0.1) is 0 Å². The number of fused-ring (bicyclic) bond motifs is 2. The Morgan fingerprint density at radius 3 is 2.79 bits per heavy atom. The lowest BCUT2D eigenvalue weighted by atomic mass is 10.1. The van der Waals surface area contributed by atoms with Gasteiger partial charge in [-0.25, -0.2) is 9.97 Å². The number of imidazole rings is 1. The second kappa shape index (κ2) is 10.5. The van der Waals surface area contributed by atoms with Crippen LogP contribution in [0, 0.1) is 6.92 Å². The van der Waals surface area contributed by atoms with Crippen LogP contribution in [0.15, 0.2) is 61.1 Å². The number of hydrogen-bond acceptors (Lipinski definition) is 8. The molecule has 1 atom stereocenters. The van der Waals surface area contributed by atoms with Crippen molar-refractivity contribution >= 4 is 45.4 Å². The molecule has 5 rings (SSSR count). The summed E-state index contributed by atoms with van der Waals surface area (Å²) in [5.74, 6) is 0.648. The number of methoxy groups -OCH3 is 1. The molecule has 0 saturated heterocycles. The highest BCUT2D eigenvalue weighted by Crippen LogP contribution is 2.31. The molecule has 3 aromatic heterocycles. The number of halogens is 1. The number of nitrogens with two attached hydrogens (primary N) is 1. The minimum absolute atomic E-state index is 0.0581. The number of aromatic nitrogens is 4. The minimum atomic E-state index is -0.362. The largest absolute Gasteiger partial charge is 0.467 e. The molecule has 0 aliphatic heterocycles. The van der Waals surface area contributed by atoms with E-state index in [4.69, 9.17) is 26.8 Å². The second-order valence-corrected chi connectivity index (χ2v) is 9.29. The second-order valence-electron chi connectivity index (χ2n) is 8.86. The molecule has 0 saturated carbocycles. The van der Waals surface area contributed by atoms with Crippen LogP contribution in [0.2, 0.25) is 5.02 Å². The zero-order chi connectivity index (χ0) is 26.8. The molecule has 0 spiro atoms. The predicted molar refractivity (Wildman–Crippen MR) is 148 cm³/mol. The quantitative estimate of drug-likeness (QED) is 0.254. The summed E-state index contributed by atoms with van der Waals surface area (Å²) < 4.78 is 13.1. The van der Waals surface area contributed by atoms with Gasteiger partial charge in [-0.2, -0.15) is 4.98 Å². The highest BCUT2D eigenvalue weighted by Gasteiger charge is 2.18. The van der Waals surface area contributed by atoms with Gasteiger partial charge < -0.3 is 30.2 Å². The third kappa shape index (κ3) is 5.31. The first-order valence-electron chi connectivity index (χ1n) is 11.9. The molecule has 11 heteroatoms. The smallest absolute Gasteiger partial charge is 0.316 e. The van der Waals surface area contributed by atoms with Crippen LogP contribution >= 0.6 is 11.6 Å². The number of amides is 1. The van der Waals surface area contributed by atoms with Gasteiger partial charge in [0.15, 0.2) is 11.4 Å². The van der Waals surface area contributed by atoms with Crippen molar-refractivity contribution < 1.29 is 14.3 Å². The number of pyridine rings is 1. The lowest BCUT2D eigenvalue weighted by molar-refractivity contribution is 0.102. The molecule has 4 N–H and O–H groups in total. The van der Waals surface area contributed by atoms with Gasteiger partial charge in [-0.1, -0.05) is 17.7 Å². The first-order valence-corrected chi connectivity index (χ1v) is 12.3. The third-order valence-corrected chi connectivity index (χ3v) is 5.93. The SMILES string of the molecule is COc1ncc2c(NC[C@H](C)N)ccc(C(=O)Nc3cc(Oc4cccc(Cl)c4)c4nc(C)cn4c3)c2n1. The number of nitrogens with one attached hydrogen (secondary N) is 2. The molecule has 3 heterocycles. The normalized spacial score (nSPS) is 11.9. The fourth-order valence-electron chi connectivity index (χ4n) is 4.00. The number of rotatable bonds is 8. The van der Waals surface area contributed by atoms with E-state index >= 15 is 0 Å². The Morgan fingerprint density at radius 2 is 2.03 bits per heavy atom. The zero-order valence-electron chi connectivity index (χ0n) is 21.0. The number of nitrogens with zero attached hydrogens (tertiary/aromatic N) is 4. The monoisotopic (exact) mass is 531 g/mol. The Morgan fingerprint density at radius 1 is 1.18 bits per heavy atom. The van der Waals surface area contributed by atoms with E-state index in [-0.39, 0.29) is 18.0 Å². The fraction of sp³-hybridized carbons (Fsp3) is 0.185. The summed E-state index contributed by atoms with van der Waals surface area (Å²) in [4.78, 5) is 26.8. The molecule has 0 aliphatic rings. The van der Waals surface area contributed by atoms with Gasteiger partial charge in [0.1, 0.15) is 5.75 Å². The number of aryl methyl sites for hydroxylation is 1. The number of hydrogen-bond donors (Lipinski definition) is 3. The molecular weight excluding hydrogens is 506 g/mol. The molecule has 2 aromatic carbocycles. The maximum Gasteiger partial charge on any atom is 0.316 e. The van der Waals surface area contributed by atoms with Crippen LogP contribution < -0.4 is 25.8 Å². The summed E-state index contributed by atoms with van der Waals surface area (Å²) in [7, 11) is 1.48. The molecule has 1 amide bonds. The molecule has 0 bridgehead atoms. The van der Waals surface area contributed by atoms with E-state index < -0.39 is 0 Å². The van der Waals surface area contributed by atoms with E-state index in [1.165, 1.54) is 7.11 Å². The zero-order valence-corrected chi connectivity index (χ0v) is 21.8. The van der Waals surface area contributed by atoms with Gasteiger partial charge in [-0.3, -0.25) is 4.79 Å². The minimum Gasteiger partial charge on any atom is -0.467 e. The van der Waals surface area contributed by atoms with Crippen molar-refractivity contribution in [2.75, 3.05) is 24.3 Å². The third-order valence-electron chi connectivity index (χ3n) is 5.69. The van der Waals surface area contributed by atoms with Crippen LogP contribution in [-0.4, -0.2) is 45.0 Å². The molecule has 194 valence electrons. The summed E-state index contributed by atoms with van der Waals surface area (Å²) in [6.45, 7) is 4.33. The summed E-state index contributed by atoms with van der Waals surface area (Å²) in [5, 5.41) is 7.46. The van der Waals surface area contributed by atoms with Gasteiger partial charge in [0, 0.05) is 53.3 Å². The predicted octanol–water partition coefficient (Wildman–Crippen LogP) is 5.05. The number of carbonyl (C=O) groups excluding carboxylic acids is 1. The Bertz CT molecular complexity index is 1650. The number of carbonyl (C=O) groups is 1. The van der Waals surface area contributed by atoms with Gasteiger partial charge in [0.25, 0.3) is 5.91 Å². The average molecular weight is 532 g/mol. The van der Waals surface area contributed by atoms with Crippen LogP contribution in [0.3, 0.4) is 0 Å². The summed E-state index contributed by atoms with van der Waals surface area (Å²) in [6, 6.07) is 12.4. The molecule has 0 aliphatic carbocycles. The van der Waals surface area contributed by atoms with Crippen molar-refractivity contribution in [1.29, 1.82) is 0 Å². The van der Waals surface area contributed by atoms with Crippen molar-refractivity contribution in [3.8, 4) is 17.5 Å². The van der Waals surface area contributed by atoms with E-state index in [2.05, 4.69) is 25.6 Å². The number of ether oxygens (including phenoxy) is 2. The van der Waals surface area contributed by atoms with Gasteiger partial charge >= 0.3 is 6.01 Å². The van der Waals surface area contributed by atoms with Crippen molar-refractivity contribution in [2.45, 2.75) is 19.9 Å². The maximum atomic E-state index is 13.5. The van der Waals surface area contributed by atoms with E-state index in [1.807, 2.05) is 26.1 Å². The molecule has 10 nitrogen and oxygen atoms in total. The highest BCUT2D eigenvalue weighted by molar-refractivity contribution is 6.30. The summed E-state index contributed by atoms with van der Waals surface area (Å²) >= 11 is 6.13. The summed E-state index contributed by atoms with van der Waals surface area (Å²) in [5.41, 5.74) is 9.38. The molecule has 38 heavy (non-hydrogen) atoms. The number of benzene rings is 2. The Labute approximate surface area is 223 Å². The van der Waals surface area contributed by atoms with Crippen LogP contribution in [0.25, 0.3) is 16.6 Å². The van der Waals surface area contributed by atoms with Crippen LogP contribution in [-0.2, 0) is 0 Å². The van der Waals surface area contributed by atoms with Crippen LogP contribution in [0.5, 0.6) is 17.5 Å². The van der Waals surface area contributed by atoms with Crippen LogP contribution in [0.1, 0.15) is 23.0 Å². The lowest BCUT2D eigenvalue weighted by Crippen LogP contribution is -2.25. The van der Waals surface area contributed by atoms with Crippen molar-refractivity contribution in [3.63, 3.8) is 0 Å². The van der Waals surface area contributed by atoms with Crippen LogP contribution in [0.4, 0.5) is 11.4 Å². The standard InChI is InChI=1S/C27H26ClN7O3/c1-15(29)11-30-22-8-7-20(24-21(22)12-31-27(34-24)37-3)26(36)33-18-10-23(25-32-16(2)13-35(25)14-18)38-19-6-4-5-17(28)9-19/h4-10,12-15,30H,11,29H2,1-3H3,(H,33,36)/t15-/m0/s1. The Balaban J connectivity index is 1.52. The molecule has 0 fully saturated rings. The maximum absolute atomic E-state index is 13.5. The first-order chi connectivity index (χ1) is 18.3. The van der Waals surface area contributed by atoms with E-state index in [1.54, 1.807) is 53.2 Å². The lowest BCUT2D eigenvalue weighted by Gasteiger charge is -2.15. The van der Waals surface area contributed by atoms with E-state index in [9.17, 15) is 4.79 Å². The van der Waals surface area contributed by atoms with Crippen molar-refractivity contribution in [2.24, 2.45) is 5.73 Å². The average Bonchev–Trinajstić information content (AvgIpc) is 3.27. The Hall–Kier alpha value is -4.41. The molecular formula is C27H26ClN7O3. The Kier molecular flexibility index (Phi) is 6.99. The van der Waals surface area contributed by atoms with Gasteiger partial charge in [0.2, 0.25) is 0 Å². The van der Waals surface area contributed by atoms with Gasteiger partial charge in [0.05, 0.1) is 29.6 Å². The molecule has 0 radical (unpaired) electrons. The topological polar surface area (TPSA) is 129 Å².